The highest BCUT2D eigenvalue weighted by molar-refractivity contribution is 9.10. The molecule has 0 bridgehead atoms. The molecular weight excluding hydrogens is 318 g/mol. The third kappa shape index (κ3) is 3.51. The van der Waals surface area contributed by atoms with Crippen molar-refractivity contribution in [1.82, 2.24) is 4.57 Å². The molecule has 0 unspecified atom stereocenters. The van der Waals surface area contributed by atoms with Crippen molar-refractivity contribution in [3.8, 4) is 5.75 Å². The Morgan fingerprint density at radius 1 is 1.35 bits per heavy atom. The average Bonchev–Trinajstić information content (AvgIpc) is 2.88. The van der Waals surface area contributed by atoms with Crippen LogP contribution < -0.4 is 4.74 Å². The van der Waals surface area contributed by atoms with Crippen LogP contribution in [0.2, 0.25) is 0 Å². The Bertz CT molecular complexity index is 604. The molecule has 0 amide bonds. The van der Waals surface area contributed by atoms with Crippen molar-refractivity contribution in [3.63, 3.8) is 0 Å². The number of methoxy groups -OCH3 is 1. The highest BCUT2D eigenvalue weighted by Crippen LogP contribution is 2.25. The monoisotopic (exact) mass is 335 g/mol. The van der Waals surface area contributed by atoms with Crippen LogP contribution in [0.5, 0.6) is 5.75 Å². The lowest BCUT2D eigenvalue weighted by Gasteiger charge is -2.07. The van der Waals surface area contributed by atoms with Crippen molar-refractivity contribution < 1.29 is 9.53 Å². The Balaban J connectivity index is 2.10. The van der Waals surface area contributed by atoms with Crippen molar-refractivity contribution in [2.45, 2.75) is 26.3 Å². The molecule has 2 rings (SSSR count). The van der Waals surface area contributed by atoms with E-state index in [4.69, 9.17) is 4.74 Å². The van der Waals surface area contributed by atoms with Crippen LogP contribution in [0.15, 0.2) is 41.1 Å². The van der Waals surface area contributed by atoms with E-state index in [-0.39, 0.29) is 5.78 Å². The number of ketones is 1. The van der Waals surface area contributed by atoms with E-state index in [1.165, 1.54) is 0 Å². The molecule has 0 radical (unpaired) electrons. The van der Waals surface area contributed by atoms with E-state index in [9.17, 15) is 4.79 Å². The number of benzene rings is 1. The largest absolute Gasteiger partial charge is 0.496 e. The van der Waals surface area contributed by atoms with Gasteiger partial charge in [0.1, 0.15) is 5.75 Å². The lowest BCUT2D eigenvalue weighted by Crippen LogP contribution is -1.99. The van der Waals surface area contributed by atoms with Crippen molar-refractivity contribution in [2.75, 3.05) is 7.11 Å². The summed E-state index contributed by atoms with van der Waals surface area (Å²) in [5.74, 6) is 1.03. The summed E-state index contributed by atoms with van der Waals surface area (Å²) in [4.78, 5) is 11.8. The standard InChI is InChI=1S/C16H18BrNO2/c1-3-4-15(19)13-7-8-18(11-13)10-12-5-6-16(20-2)14(17)9-12/h5-9,11H,3-4,10H2,1-2H3. The number of nitrogens with zero attached hydrogens (tertiary/aromatic N) is 1. The molecule has 0 aliphatic heterocycles. The van der Waals surface area contributed by atoms with Gasteiger partial charge in [-0.3, -0.25) is 4.79 Å². The molecule has 1 aromatic carbocycles. The van der Waals surface area contributed by atoms with Crippen LogP contribution in [0, 0.1) is 0 Å². The predicted octanol–water partition coefficient (Wildman–Crippen LogP) is 4.29. The second-order valence-electron chi connectivity index (χ2n) is 4.71. The Labute approximate surface area is 127 Å². The first-order chi connectivity index (χ1) is 9.63. The number of aromatic nitrogens is 1. The molecule has 1 heterocycles. The van der Waals surface area contributed by atoms with Gasteiger partial charge in [-0.1, -0.05) is 13.0 Å². The minimum Gasteiger partial charge on any atom is -0.496 e. The maximum atomic E-state index is 11.8. The average molecular weight is 336 g/mol. The quantitative estimate of drug-likeness (QED) is 0.737. The van der Waals surface area contributed by atoms with E-state index in [0.717, 1.165) is 34.3 Å². The summed E-state index contributed by atoms with van der Waals surface area (Å²) in [5.41, 5.74) is 1.95. The Kier molecular flexibility index (Phi) is 5.01. The molecule has 0 fully saturated rings. The van der Waals surface area contributed by atoms with Gasteiger partial charge in [0.25, 0.3) is 0 Å². The number of Topliss-reactive ketones (excluding diaryl/α,β-unsaturated/α-hetero) is 1. The first-order valence-electron chi connectivity index (χ1n) is 6.65. The van der Waals surface area contributed by atoms with E-state index >= 15 is 0 Å². The van der Waals surface area contributed by atoms with Gasteiger partial charge in [-0.25, -0.2) is 0 Å². The smallest absolute Gasteiger partial charge is 0.164 e. The van der Waals surface area contributed by atoms with Crippen molar-refractivity contribution in [1.29, 1.82) is 0 Å². The number of hydrogen-bond donors (Lipinski definition) is 0. The summed E-state index contributed by atoms with van der Waals surface area (Å²) in [5, 5.41) is 0. The highest BCUT2D eigenvalue weighted by atomic mass is 79.9. The summed E-state index contributed by atoms with van der Waals surface area (Å²) in [6.07, 6.45) is 5.35. The number of hydrogen-bond acceptors (Lipinski definition) is 2. The fourth-order valence-corrected chi connectivity index (χ4v) is 2.68. The summed E-state index contributed by atoms with van der Waals surface area (Å²) in [7, 11) is 1.65. The van der Waals surface area contributed by atoms with E-state index in [1.807, 2.05) is 48.1 Å². The molecule has 0 N–H and O–H groups in total. The Hall–Kier alpha value is -1.55. The number of carbonyl (C=O) groups is 1. The third-order valence-corrected chi connectivity index (χ3v) is 3.75. The van der Waals surface area contributed by atoms with Gasteiger partial charge < -0.3 is 9.30 Å². The molecule has 106 valence electrons. The molecule has 3 nitrogen and oxygen atoms in total. The maximum absolute atomic E-state index is 11.8. The van der Waals surface area contributed by atoms with Gasteiger partial charge in [0.05, 0.1) is 11.6 Å². The zero-order valence-electron chi connectivity index (χ0n) is 11.7. The number of ether oxygens (including phenoxy) is 1. The minimum atomic E-state index is 0.210. The van der Waals surface area contributed by atoms with E-state index < -0.39 is 0 Å². The van der Waals surface area contributed by atoms with Crippen LogP contribution in [0.25, 0.3) is 0 Å². The van der Waals surface area contributed by atoms with Crippen molar-refractivity contribution >= 4 is 21.7 Å². The number of halogens is 1. The first kappa shape index (κ1) is 14.9. The summed E-state index contributed by atoms with van der Waals surface area (Å²) >= 11 is 3.48. The van der Waals surface area contributed by atoms with E-state index in [0.29, 0.717) is 6.42 Å². The van der Waals surface area contributed by atoms with Gasteiger partial charge >= 0.3 is 0 Å². The van der Waals surface area contributed by atoms with Gasteiger partial charge in [-0.15, -0.1) is 0 Å². The number of carbonyl (C=O) groups excluding carboxylic acids is 1. The highest BCUT2D eigenvalue weighted by Gasteiger charge is 2.07. The third-order valence-electron chi connectivity index (χ3n) is 3.13. The van der Waals surface area contributed by atoms with Crippen LogP contribution in [0.1, 0.15) is 35.7 Å². The first-order valence-corrected chi connectivity index (χ1v) is 7.44. The van der Waals surface area contributed by atoms with Gasteiger partial charge in [0.15, 0.2) is 5.78 Å². The molecule has 2 aromatic rings. The molecule has 1 aromatic heterocycles. The lowest BCUT2D eigenvalue weighted by atomic mass is 10.1. The van der Waals surface area contributed by atoms with Crippen LogP contribution in [-0.2, 0) is 6.54 Å². The van der Waals surface area contributed by atoms with Crippen molar-refractivity contribution in [2.24, 2.45) is 0 Å². The SMILES string of the molecule is CCCC(=O)c1ccn(Cc2ccc(OC)c(Br)c2)c1. The van der Waals surface area contributed by atoms with Crippen LogP contribution >= 0.6 is 15.9 Å². The Morgan fingerprint density at radius 3 is 2.80 bits per heavy atom. The Morgan fingerprint density at radius 2 is 2.15 bits per heavy atom. The molecule has 0 aliphatic carbocycles. The topological polar surface area (TPSA) is 31.2 Å². The number of rotatable bonds is 6. The molecular formula is C16H18BrNO2. The second-order valence-corrected chi connectivity index (χ2v) is 5.57. The van der Waals surface area contributed by atoms with Gasteiger partial charge in [-0.2, -0.15) is 0 Å². The maximum Gasteiger partial charge on any atom is 0.164 e. The second kappa shape index (κ2) is 6.75. The van der Waals surface area contributed by atoms with Crippen LogP contribution in [-0.4, -0.2) is 17.5 Å². The zero-order chi connectivity index (χ0) is 14.5. The molecule has 0 spiro atoms. The lowest BCUT2D eigenvalue weighted by molar-refractivity contribution is 0.0981. The molecule has 0 saturated heterocycles. The van der Waals surface area contributed by atoms with Gasteiger partial charge in [0, 0.05) is 30.9 Å². The zero-order valence-corrected chi connectivity index (χ0v) is 13.3. The van der Waals surface area contributed by atoms with E-state index in [2.05, 4.69) is 15.9 Å². The normalized spacial score (nSPS) is 10.6. The van der Waals surface area contributed by atoms with Crippen LogP contribution in [0.3, 0.4) is 0 Å². The molecule has 20 heavy (non-hydrogen) atoms. The summed E-state index contributed by atoms with van der Waals surface area (Å²) < 4.78 is 8.18. The van der Waals surface area contributed by atoms with Crippen LogP contribution in [0.4, 0.5) is 0 Å². The fraction of sp³-hybridized carbons (Fsp3) is 0.312. The molecule has 4 heteroatoms. The minimum absolute atomic E-state index is 0.210. The van der Waals surface area contributed by atoms with Gasteiger partial charge in [0.2, 0.25) is 0 Å². The summed E-state index contributed by atoms with van der Waals surface area (Å²) in [6, 6.07) is 7.88. The van der Waals surface area contributed by atoms with E-state index in [1.54, 1.807) is 7.11 Å². The molecule has 0 aliphatic rings. The predicted molar refractivity (Wildman–Crippen MR) is 83.5 cm³/mol. The van der Waals surface area contributed by atoms with Crippen molar-refractivity contribution in [3.05, 3.63) is 52.3 Å². The fourth-order valence-electron chi connectivity index (χ4n) is 2.09. The molecule has 0 saturated carbocycles. The molecule has 0 atom stereocenters. The summed E-state index contributed by atoms with van der Waals surface area (Å²) in [6.45, 7) is 2.76. The van der Waals surface area contributed by atoms with Gasteiger partial charge in [-0.05, 0) is 46.1 Å².